The number of carbonyl (C=O) groups is 1. The number of halogens is 1. The molecule has 5 rings (SSSR count). The van der Waals surface area contributed by atoms with Crippen molar-refractivity contribution in [2.24, 2.45) is 0 Å². The second-order valence-corrected chi connectivity index (χ2v) is 10.9. The van der Waals surface area contributed by atoms with Gasteiger partial charge in [0.15, 0.2) is 0 Å². The molecule has 4 aromatic carbocycles. The number of benzene rings is 4. The van der Waals surface area contributed by atoms with Gasteiger partial charge in [0.2, 0.25) is 0 Å². The van der Waals surface area contributed by atoms with E-state index in [1.165, 1.54) is 22.3 Å². The average molecular weight is 566 g/mol. The van der Waals surface area contributed by atoms with Gasteiger partial charge in [0.1, 0.15) is 0 Å². The van der Waals surface area contributed by atoms with Crippen LogP contribution in [0.1, 0.15) is 52.9 Å². The fraction of sp³-hybridized carbons (Fsp3) is 0.206. The third-order valence-electron chi connectivity index (χ3n) is 7.23. The van der Waals surface area contributed by atoms with Crippen molar-refractivity contribution >= 4 is 27.9 Å². The van der Waals surface area contributed by atoms with E-state index in [9.17, 15) is 4.79 Å². The Hall–Kier alpha value is -3.47. The van der Waals surface area contributed by atoms with Crippen molar-refractivity contribution in [3.05, 3.63) is 135 Å². The Bertz CT molecular complexity index is 1370. The Morgan fingerprint density at radius 3 is 2.13 bits per heavy atom. The van der Waals surface area contributed by atoms with Gasteiger partial charge in [0.25, 0.3) is 5.91 Å². The minimum absolute atomic E-state index is 0.0512. The maximum Gasteiger partial charge on any atom is 0.251 e. The molecule has 38 heavy (non-hydrogen) atoms. The highest BCUT2D eigenvalue weighted by molar-refractivity contribution is 9.10. The Kier molecular flexibility index (Phi) is 8.52. The largest absolute Gasteiger partial charge is 0.346 e. The molecule has 192 valence electrons. The van der Waals surface area contributed by atoms with Crippen molar-refractivity contribution in [3.8, 4) is 11.1 Å². The van der Waals surface area contributed by atoms with E-state index < -0.39 is 0 Å². The number of hydrogen-bond acceptors (Lipinski definition) is 2. The summed E-state index contributed by atoms with van der Waals surface area (Å²) in [6, 6.07) is 35.4. The van der Waals surface area contributed by atoms with Crippen LogP contribution >= 0.6 is 15.9 Å². The number of nitrogens with one attached hydrogen (secondary N) is 1. The maximum atomic E-state index is 12.7. The lowest BCUT2D eigenvalue weighted by Crippen LogP contribution is -2.30. The van der Waals surface area contributed by atoms with E-state index in [0.717, 1.165) is 48.1 Å². The zero-order chi connectivity index (χ0) is 26.3. The van der Waals surface area contributed by atoms with Crippen LogP contribution in [-0.2, 0) is 6.54 Å². The molecular weight excluding hydrogens is 532 g/mol. The monoisotopic (exact) mass is 564 g/mol. The molecule has 3 nitrogen and oxygen atoms in total. The van der Waals surface area contributed by atoms with E-state index in [-0.39, 0.29) is 11.9 Å². The Morgan fingerprint density at radius 2 is 1.47 bits per heavy atom. The predicted octanol–water partition coefficient (Wildman–Crippen LogP) is 8.29. The molecule has 1 aliphatic heterocycles. The molecule has 1 saturated heterocycles. The van der Waals surface area contributed by atoms with Crippen molar-refractivity contribution < 1.29 is 4.79 Å². The molecule has 0 radical (unpaired) electrons. The molecular formula is C34H33BrN2O. The molecule has 4 aromatic rings. The van der Waals surface area contributed by atoms with Gasteiger partial charge in [-0.3, -0.25) is 9.69 Å². The van der Waals surface area contributed by atoms with Gasteiger partial charge in [-0.2, -0.15) is 0 Å². The second kappa shape index (κ2) is 12.4. The molecule has 1 atom stereocenters. The lowest BCUT2D eigenvalue weighted by atomic mass is 9.99. The third kappa shape index (κ3) is 6.89. The first-order valence-corrected chi connectivity index (χ1v) is 14.1. The van der Waals surface area contributed by atoms with Crippen LogP contribution < -0.4 is 5.32 Å². The highest BCUT2D eigenvalue weighted by Gasteiger charge is 2.15. The second-order valence-electron chi connectivity index (χ2n) is 10.0. The highest BCUT2D eigenvalue weighted by atomic mass is 79.9. The van der Waals surface area contributed by atoms with E-state index in [1.807, 2.05) is 55.5 Å². The molecule has 1 amide bonds. The summed E-state index contributed by atoms with van der Waals surface area (Å²) in [5, 5.41) is 3.09. The van der Waals surface area contributed by atoms with E-state index in [4.69, 9.17) is 0 Å². The van der Waals surface area contributed by atoms with Gasteiger partial charge >= 0.3 is 0 Å². The topological polar surface area (TPSA) is 32.3 Å². The molecule has 1 heterocycles. The fourth-order valence-corrected chi connectivity index (χ4v) is 5.18. The molecule has 1 fully saturated rings. The number of likely N-dealkylation sites (tertiary alicyclic amines) is 1. The summed E-state index contributed by atoms with van der Waals surface area (Å²) >= 11 is 3.45. The lowest BCUT2D eigenvalue weighted by Gasteiger charge is -2.28. The molecule has 0 aromatic heterocycles. The molecule has 4 heteroatoms. The van der Waals surface area contributed by atoms with Gasteiger partial charge in [-0.1, -0.05) is 106 Å². The molecule has 0 unspecified atom stereocenters. The zero-order valence-corrected chi connectivity index (χ0v) is 23.3. The van der Waals surface area contributed by atoms with Gasteiger partial charge in [0.05, 0.1) is 6.04 Å². The summed E-state index contributed by atoms with van der Waals surface area (Å²) in [5.41, 5.74) is 8.28. The standard InChI is InChI=1S/C34H33BrN2O/c1-25(29-15-17-33(35)18-16-29)36-34(38)32-13-7-26(8-14-32)23-27-19-21-37(22-20-27)24-28-9-11-31(12-10-28)30-5-3-2-4-6-30/h2-18,23,25H,19-22,24H2,1H3,(H,36,38)/t25-/m1/s1. The average Bonchev–Trinajstić information content (AvgIpc) is 2.96. The van der Waals surface area contributed by atoms with Crippen LogP contribution in [0.3, 0.4) is 0 Å². The number of piperidine rings is 1. The maximum absolute atomic E-state index is 12.7. The molecule has 0 bridgehead atoms. The van der Waals surface area contributed by atoms with Gasteiger partial charge in [0, 0.05) is 29.7 Å². The van der Waals surface area contributed by atoms with Gasteiger partial charge in [-0.05, 0) is 71.8 Å². The van der Waals surface area contributed by atoms with Crippen LogP contribution in [-0.4, -0.2) is 23.9 Å². The fourth-order valence-electron chi connectivity index (χ4n) is 4.92. The normalized spacial score (nSPS) is 14.6. The van der Waals surface area contributed by atoms with E-state index in [0.29, 0.717) is 5.56 Å². The van der Waals surface area contributed by atoms with Crippen LogP contribution in [0.15, 0.2) is 113 Å². The van der Waals surface area contributed by atoms with E-state index in [1.54, 1.807) is 0 Å². The molecule has 0 spiro atoms. The first-order valence-electron chi connectivity index (χ1n) is 13.3. The van der Waals surface area contributed by atoms with Crippen molar-refractivity contribution in [2.75, 3.05) is 13.1 Å². The SMILES string of the molecule is C[C@@H](NC(=O)c1ccc(C=C2CCN(Cc3ccc(-c4ccccc4)cc3)CC2)cc1)c1ccc(Br)cc1. The highest BCUT2D eigenvalue weighted by Crippen LogP contribution is 2.24. The van der Waals surface area contributed by atoms with Crippen LogP contribution in [0.4, 0.5) is 0 Å². The first-order chi connectivity index (χ1) is 18.5. The van der Waals surface area contributed by atoms with Gasteiger partial charge < -0.3 is 5.32 Å². The number of amides is 1. The van der Waals surface area contributed by atoms with Crippen LogP contribution in [0.2, 0.25) is 0 Å². The van der Waals surface area contributed by atoms with Crippen molar-refractivity contribution in [1.82, 2.24) is 10.2 Å². The van der Waals surface area contributed by atoms with Gasteiger partial charge in [-0.25, -0.2) is 0 Å². The van der Waals surface area contributed by atoms with Crippen molar-refractivity contribution in [1.29, 1.82) is 0 Å². The predicted molar refractivity (Wildman–Crippen MR) is 161 cm³/mol. The van der Waals surface area contributed by atoms with Crippen molar-refractivity contribution in [2.45, 2.75) is 32.4 Å². The van der Waals surface area contributed by atoms with Crippen LogP contribution in [0.25, 0.3) is 17.2 Å². The number of nitrogens with zero attached hydrogens (tertiary/aromatic N) is 1. The Balaban J connectivity index is 1.11. The first kappa shape index (κ1) is 26.1. The summed E-state index contributed by atoms with van der Waals surface area (Å²) in [5.74, 6) is -0.0512. The smallest absolute Gasteiger partial charge is 0.251 e. The number of hydrogen-bond donors (Lipinski definition) is 1. The number of rotatable bonds is 7. The molecule has 1 aliphatic rings. The van der Waals surface area contributed by atoms with Gasteiger partial charge in [-0.15, -0.1) is 0 Å². The third-order valence-corrected chi connectivity index (χ3v) is 7.76. The minimum Gasteiger partial charge on any atom is -0.346 e. The Labute approximate surface area is 234 Å². The summed E-state index contributed by atoms with van der Waals surface area (Å²) in [6.07, 6.45) is 4.45. The Morgan fingerprint density at radius 1 is 0.842 bits per heavy atom. The van der Waals surface area contributed by atoms with Crippen LogP contribution in [0, 0.1) is 0 Å². The lowest BCUT2D eigenvalue weighted by molar-refractivity contribution is 0.0940. The summed E-state index contributed by atoms with van der Waals surface area (Å²) in [7, 11) is 0. The molecule has 0 aliphatic carbocycles. The van der Waals surface area contributed by atoms with Crippen LogP contribution in [0.5, 0.6) is 0 Å². The minimum atomic E-state index is -0.0515. The quantitative estimate of drug-likeness (QED) is 0.245. The van der Waals surface area contributed by atoms with Crippen molar-refractivity contribution in [3.63, 3.8) is 0 Å². The van der Waals surface area contributed by atoms with E-state index in [2.05, 4.69) is 86.8 Å². The number of carbonyl (C=O) groups excluding carboxylic acids is 1. The molecule has 1 N–H and O–H groups in total. The van der Waals surface area contributed by atoms with E-state index >= 15 is 0 Å². The summed E-state index contributed by atoms with van der Waals surface area (Å²) in [4.78, 5) is 15.3. The zero-order valence-electron chi connectivity index (χ0n) is 21.7. The molecule has 0 saturated carbocycles. The summed E-state index contributed by atoms with van der Waals surface area (Å²) in [6.45, 7) is 5.14. The summed E-state index contributed by atoms with van der Waals surface area (Å²) < 4.78 is 1.03.